The number of benzene rings is 1. The number of nitrogens with zero attached hydrogens (tertiary/aromatic N) is 1. The molecule has 2 rings (SSSR count). The third kappa shape index (κ3) is 3.77. The smallest absolute Gasteiger partial charge is 0.254 e. The standard InChI is InChI=1S/C14H18BrFN2O2/c15-12-8-10(3-4-13(12)16)14(20)18(6-7-19)9-11-2-1-5-17-11/h3-4,8,11,17,19H,1-2,5-7,9H2. The lowest BCUT2D eigenvalue weighted by atomic mass is 10.1. The number of hydrogen-bond donors (Lipinski definition) is 2. The zero-order valence-corrected chi connectivity index (χ0v) is 12.7. The summed E-state index contributed by atoms with van der Waals surface area (Å²) in [5.74, 6) is -0.582. The van der Waals surface area contributed by atoms with Gasteiger partial charge in [-0.1, -0.05) is 0 Å². The molecule has 1 aliphatic rings. The molecule has 1 aromatic rings. The number of halogens is 2. The molecule has 0 aromatic heterocycles. The average molecular weight is 345 g/mol. The SMILES string of the molecule is O=C(c1ccc(F)c(Br)c1)N(CCO)CC1CCCN1. The maximum atomic E-state index is 13.2. The molecule has 20 heavy (non-hydrogen) atoms. The molecule has 110 valence electrons. The highest BCUT2D eigenvalue weighted by Gasteiger charge is 2.22. The van der Waals surface area contributed by atoms with Crippen molar-refractivity contribution in [2.45, 2.75) is 18.9 Å². The van der Waals surface area contributed by atoms with Gasteiger partial charge in [0.1, 0.15) is 5.82 Å². The summed E-state index contributed by atoms with van der Waals surface area (Å²) >= 11 is 3.08. The summed E-state index contributed by atoms with van der Waals surface area (Å²) in [5, 5.41) is 12.4. The summed E-state index contributed by atoms with van der Waals surface area (Å²) < 4.78 is 13.5. The van der Waals surface area contributed by atoms with Crippen molar-refractivity contribution >= 4 is 21.8 Å². The zero-order valence-electron chi connectivity index (χ0n) is 11.1. The number of amides is 1. The molecule has 1 fully saturated rings. The largest absolute Gasteiger partial charge is 0.395 e. The van der Waals surface area contributed by atoms with Crippen molar-refractivity contribution in [3.05, 3.63) is 34.1 Å². The Kier molecular flexibility index (Phi) is 5.51. The van der Waals surface area contributed by atoms with Crippen molar-refractivity contribution < 1.29 is 14.3 Å². The van der Waals surface area contributed by atoms with E-state index in [0.717, 1.165) is 19.4 Å². The van der Waals surface area contributed by atoms with Crippen LogP contribution in [0.3, 0.4) is 0 Å². The predicted molar refractivity (Wildman–Crippen MR) is 78.1 cm³/mol. The van der Waals surface area contributed by atoms with Crippen molar-refractivity contribution in [3.63, 3.8) is 0 Å². The second-order valence-electron chi connectivity index (χ2n) is 4.90. The van der Waals surface area contributed by atoms with Crippen LogP contribution in [0, 0.1) is 5.82 Å². The molecular formula is C14H18BrFN2O2. The van der Waals surface area contributed by atoms with Crippen LogP contribution in [0.1, 0.15) is 23.2 Å². The van der Waals surface area contributed by atoms with E-state index in [2.05, 4.69) is 21.2 Å². The molecule has 1 aromatic carbocycles. The zero-order chi connectivity index (χ0) is 14.5. The molecule has 1 aliphatic heterocycles. The van der Waals surface area contributed by atoms with Gasteiger partial charge in [0.15, 0.2) is 0 Å². The number of rotatable bonds is 5. The summed E-state index contributed by atoms with van der Waals surface area (Å²) in [6.45, 7) is 1.73. The van der Waals surface area contributed by atoms with Gasteiger partial charge >= 0.3 is 0 Å². The van der Waals surface area contributed by atoms with E-state index in [4.69, 9.17) is 5.11 Å². The molecule has 0 spiro atoms. The Bertz CT molecular complexity index is 478. The first-order valence-corrected chi connectivity index (χ1v) is 7.49. The van der Waals surface area contributed by atoms with Gasteiger partial charge in [0.25, 0.3) is 5.91 Å². The van der Waals surface area contributed by atoms with Crippen LogP contribution in [0.5, 0.6) is 0 Å². The summed E-state index contributed by atoms with van der Waals surface area (Å²) in [6.07, 6.45) is 2.14. The van der Waals surface area contributed by atoms with Gasteiger partial charge < -0.3 is 15.3 Å². The van der Waals surface area contributed by atoms with Crippen molar-refractivity contribution in [2.75, 3.05) is 26.2 Å². The molecule has 0 aliphatic carbocycles. The van der Waals surface area contributed by atoms with Crippen LogP contribution in [0.4, 0.5) is 4.39 Å². The minimum atomic E-state index is -0.396. The highest BCUT2D eigenvalue weighted by Crippen LogP contribution is 2.18. The summed E-state index contributed by atoms with van der Waals surface area (Å²) in [4.78, 5) is 14.0. The number of aliphatic hydroxyl groups is 1. The average Bonchev–Trinajstić information content (AvgIpc) is 2.93. The molecule has 1 amide bonds. The van der Waals surface area contributed by atoms with Crippen molar-refractivity contribution in [3.8, 4) is 0 Å². The molecule has 1 saturated heterocycles. The van der Waals surface area contributed by atoms with Gasteiger partial charge in [-0.25, -0.2) is 4.39 Å². The third-order valence-electron chi connectivity index (χ3n) is 3.43. The van der Waals surface area contributed by atoms with Crippen LogP contribution in [0.25, 0.3) is 0 Å². The Hall–Kier alpha value is -0.980. The first-order chi connectivity index (χ1) is 9.61. The molecule has 1 heterocycles. The second kappa shape index (κ2) is 7.15. The second-order valence-corrected chi connectivity index (χ2v) is 5.75. The van der Waals surface area contributed by atoms with E-state index in [1.807, 2.05) is 0 Å². The van der Waals surface area contributed by atoms with Gasteiger partial charge in [-0.2, -0.15) is 0 Å². The van der Waals surface area contributed by atoms with Gasteiger partial charge in [0.05, 0.1) is 11.1 Å². The first-order valence-electron chi connectivity index (χ1n) is 6.70. The summed E-state index contributed by atoms with van der Waals surface area (Å²) in [5.41, 5.74) is 0.421. The minimum Gasteiger partial charge on any atom is -0.395 e. The lowest BCUT2D eigenvalue weighted by molar-refractivity contribution is 0.0706. The Labute approximate surface area is 126 Å². The molecule has 0 saturated carbocycles. The van der Waals surface area contributed by atoms with E-state index in [1.54, 1.807) is 4.90 Å². The number of aliphatic hydroxyl groups excluding tert-OH is 1. The highest BCUT2D eigenvalue weighted by atomic mass is 79.9. The van der Waals surface area contributed by atoms with Gasteiger partial charge in [0.2, 0.25) is 0 Å². The normalized spacial score (nSPS) is 18.2. The molecule has 1 atom stereocenters. The van der Waals surface area contributed by atoms with Crippen LogP contribution < -0.4 is 5.32 Å². The fourth-order valence-electron chi connectivity index (χ4n) is 2.39. The van der Waals surface area contributed by atoms with E-state index >= 15 is 0 Å². The molecule has 0 radical (unpaired) electrons. The number of nitrogens with one attached hydrogen (secondary N) is 1. The lowest BCUT2D eigenvalue weighted by Gasteiger charge is -2.25. The molecule has 2 N–H and O–H groups in total. The fourth-order valence-corrected chi connectivity index (χ4v) is 2.77. The van der Waals surface area contributed by atoms with Crippen LogP contribution >= 0.6 is 15.9 Å². The Morgan fingerprint density at radius 3 is 2.95 bits per heavy atom. The molecule has 4 nitrogen and oxygen atoms in total. The van der Waals surface area contributed by atoms with Crippen LogP contribution in [-0.4, -0.2) is 48.2 Å². The van der Waals surface area contributed by atoms with Crippen LogP contribution in [0.15, 0.2) is 22.7 Å². The summed E-state index contributed by atoms with van der Waals surface area (Å²) in [7, 11) is 0. The third-order valence-corrected chi connectivity index (χ3v) is 4.03. The van der Waals surface area contributed by atoms with Crippen molar-refractivity contribution in [2.24, 2.45) is 0 Å². The highest BCUT2D eigenvalue weighted by molar-refractivity contribution is 9.10. The lowest BCUT2D eigenvalue weighted by Crippen LogP contribution is -2.42. The monoisotopic (exact) mass is 344 g/mol. The maximum absolute atomic E-state index is 13.2. The van der Waals surface area contributed by atoms with Gasteiger partial charge in [-0.3, -0.25) is 4.79 Å². The van der Waals surface area contributed by atoms with Gasteiger partial charge in [0, 0.05) is 24.7 Å². The predicted octanol–water partition coefficient (Wildman–Crippen LogP) is 1.77. The van der Waals surface area contributed by atoms with Crippen LogP contribution in [0.2, 0.25) is 0 Å². The van der Waals surface area contributed by atoms with E-state index in [1.165, 1.54) is 18.2 Å². The topological polar surface area (TPSA) is 52.6 Å². The molecule has 1 unspecified atom stereocenters. The minimum absolute atomic E-state index is 0.0825. The van der Waals surface area contributed by atoms with Gasteiger partial charge in [-0.05, 0) is 53.5 Å². The molecule has 0 bridgehead atoms. The Balaban J connectivity index is 2.10. The first kappa shape index (κ1) is 15.4. The van der Waals surface area contributed by atoms with Crippen molar-refractivity contribution in [1.82, 2.24) is 10.2 Å². The van der Waals surface area contributed by atoms with Gasteiger partial charge in [-0.15, -0.1) is 0 Å². The van der Waals surface area contributed by atoms with Crippen LogP contribution in [-0.2, 0) is 0 Å². The number of carbonyl (C=O) groups excluding carboxylic acids is 1. The fraction of sp³-hybridized carbons (Fsp3) is 0.500. The quantitative estimate of drug-likeness (QED) is 0.855. The van der Waals surface area contributed by atoms with Crippen molar-refractivity contribution in [1.29, 1.82) is 0 Å². The Morgan fingerprint density at radius 2 is 2.35 bits per heavy atom. The Morgan fingerprint density at radius 1 is 1.55 bits per heavy atom. The molecular weight excluding hydrogens is 327 g/mol. The van der Waals surface area contributed by atoms with E-state index in [0.29, 0.717) is 12.1 Å². The molecule has 6 heteroatoms. The number of hydrogen-bond acceptors (Lipinski definition) is 3. The van der Waals surface area contributed by atoms with E-state index in [9.17, 15) is 9.18 Å². The number of carbonyl (C=O) groups is 1. The maximum Gasteiger partial charge on any atom is 0.254 e. The summed E-state index contributed by atoms with van der Waals surface area (Å²) in [6, 6.07) is 4.48. The van der Waals surface area contributed by atoms with E-state index < -0.39 is 5.82 Å². The van der Waals surface area contributed by atoms with E-state index in [-0.39, 0.29) is 29.6 Å².